The van der Waals surface area contributed by atoms with Crippen molar-refractivity contribution in [3.8, 4) is 0 Å². The van der Waals surface area contributed by atoms with Crippen molar-refractivity contribution in [1.29, 1.82) is 0 Å². The summed E-state index contributed by atoms with van der Waals surface area (Å²) in [5.41, 5.74) is 0. The van der Waals surface area contributed by atoms with E-state index in [0.717, 1.165) is 21.3 Å². The second-order valence-electron chi connectivity index (χ2n) is 0.668. The molecule has 5 heavy (non-hydrogen) atoms. The molecule has 0 aromatic carbocycles. The molecule has 0 unspecified atom stereocenters. The molecule has 0 aromatic heterocycles. The molecule has 0 rings (SSSR count). The van der Waals surface area contributed by atoms with Crippen LogP contribution >= 0.6 is 0 Å². The molecule has 1 N–H and O–H groups in total. The monoisotopic (exact) mass is 239 g/mol. The third-order valence-corrected chi connectivity index (χ3v) is 1.29. The molecule has 0 aliphatic carbocycles. The summed E-state index contributed by atoms with van der Waals surface area (Å²) in [7, 11) is 0. The van der Waals surface area contributed by atoms with E-state index in [4.69, 9.17) is 0 Å². The zero-order chi connectivity index (χ0) is 4.28. The number of carbonyl (C=O) groups is 1. The maximum absolute atomic E-state index is 9.73. The van der Waals surface area contributed by atoms with E-state index in [0.29, 0.717) is 0 Å². The molecule has 0 aliphatic rings. The van der Waals surface area contributed by atoms with Gasteiger partial charge in [-0.3, -0.25) is 0 Å². The summed E-state index contributed by atoms with van der Waals surface area (Å²) >= 11 is 0.939. The summed E-state index contributed by atoms with van der Waals surface area (Å²) in [4.78, 5) is 9.73. The fraction of sp³-hybridized carbons (Fsp3) is 0.500. The molecule has 0 aliphatic heterocycles. The summed E-state index contributed by atoms with van der Waals surface area (Å²) in [6, 6.07) is 0. The van der Waals surface area contributed by atoms with Gasteiger partial charge in [0.05, 0.1) is 0 Å². The average Bonchev–Trinajstić information content (AvgIpc) is 1.38. The molecular formula is C2H4NOTa. The van der Waals surface area contributed by atoms with E-state index in [1.807, 2.05) is 0 Å². The molecule has 1 amide bonds. The number of hydrogen-bond donors (Lipinski definition) is 1. The van der Waals surface area contributed by atoms with Crippen molar-refractivity contribution in [3.63, 3.8) is 0 Å². The normalized spacial score (nSPS) is 6.60. The first-order valence-electron chi connectivity index (χ1n) is 1.18. The zero-order valence-electron chi connectivity index (χ0n) is 2.86. The predicted molar refractivity (Wildman–Crippen MR) is 13.8 cm³/mol. The second-order valence-corrected chi connectivity index (χ2v) is 1.47. The number of carbonyl (C=O) groups excluding carboxylic acids is 1. The quantitative estimate of drug-likeness (QED) is 0.611. The zero-order valence-corrected chi connectivity index (χ0v) is 6.07. The van der Waals surface area contributed by atoms with E-state index in [2.05, 4.69) is 3.72 Å². The van der Waals surface area contributed by atoms with Crippen molar-refractivity contribution in [2.75, 3.05) is 0 Å². The maximum atomic E-state index is 9.73. The molecule has 0 saturated carbocycles. The van der Waals surface area contributed by atoms with E-state index in [9.17, 15) is 4.79 Å². The Balaban J connectivity index is 2.85. The van der Waals surface area contributed by atoms with Crippen LogP contribution in [0.2, 0.25) is 0 Å². The Labute approximate surface area is 43.2 Å². The van der Waals surface area contributed by atoms with Crippen molar-refractivity contribution in [2.24, 2.45) is 0 Å². The van der Waals surface area contributed by atoms with Crippen LogP contribution in [0.1, 0.15) is 6.92 Å². The van der Waals surface area contributed by atoms with Crippen LogP contribution in [0.3, 0.4) is 0 Å². The van der Waals surface area contributed by atoms with Crippen LogP contribution in [0.4, 0.5) is 0 Å². The Morgan fingerprint density at radius 2 is 2.20 bits per heavy atom. The first kappa shape index (κ1) is 5.21. The van der Waals surface area contributed by atoms with Crippen LogP contribution in [-0.4, -0.2) is 5.91 Å². The average molecular weight is 239 g/mol. The minimum atomic E-state index is 0.0540. The van der Waals surface area contributed by atoms with E-state index >= 15 is 0 Å². The number of amides is 1. The van der Waals surface area contributed by atoms with Crippen molar-refractivity contribution in [3.05, 3.63) is 0 Å². The van der Waals surface area contributed by atoms with E-state index in [1.54, 1.807) is 0 Å². The number of nitrogens with one attached hydrogen (secondary N) is 1. The molecule has 0 bridgehead atoms. The Morgan fingerprint density at radius 1 is 2.00 bits per heavy atom. The van der Waals surface area contributed by atoms with Crippen LogP contribution in [0.5, 0.6) is 0 Å². The van der Waals surface area contributed by atoms with Gasteiger partial charge >= 0.3 is 42.7 Å². The van der Waals surface area contributed by atoms with Gasteiger partial charge in [0.1, 0.15) is 0 Å². The van der Waals surface area contributed by atoms with Crippen LogP contribution in [0, 0.1) is 0 Å². The molecule has 28 valence electrons. The Bertz CT molecular complexity index is 44.9. The summed E-state index contributed by atoms with van der Waals surface area (Å²) in [5, 5.41) is 0. The van der Waals surface area contributed by atoms with Crippen molar-refractivity contribution < 1.29 is 26.1 Å². The third kappa shape index (κ3) is 4.21. The molecule has 0 atom stereocenters. The number of hydrogen-bond acceptors (Lipinski definition) is 1. The van der Waals surface area contributed by atoms with E-state index in [-0.39, 0.29) is 5.91 Å². The molecule has 0 fully saturated rings. The topological polar surface area (TPSA) is 29.1 Å². The Morgan fingerprint density at radius 3 is 2.20 bits per heavy atom. The van der Waals surface area contributed by atoms with Crippen molar-refractivity contribution >= 4 is 5.91 Å². The van der Waals surface area contributed by atoms with Crippen molar-refractivity contribution in [1.82, 2.24) is 3.72 Å². The molecule has 0 aromatic rings. The third-order valence-electron chi connectivity index (χ3n) is 0.157. The van der Waals surface area contributed by atoms with Crippen LogP contribution < -0.4 is 3.72 Å². The van der Waals surface area contributed by atoms with E-state index in [1.165, 1.54) is 6.92 Å². The van der Waals surface area contributed by atoms with Gasteiger partial charge in [0.25, 0.3) is 0 Å². The molecule has 0 saturated heterocycles. The molecule has 2 nitrogen and oxygen atoms in total. The van der Waals surface area contributed by atoms with Crippen molar-refractivity contribution in [2.45, 2.75) is 6.92 Å². The first-order chi connectivity index (χ1) is 2.27. The summed E-state index contributed by atoms with van der Waals surface area (Å²) in [6.45, 7) is 1.50. The van der Waals surface area contributed by atoms with Gasteiger partial charge in [0.2, 0.25) is 0 Å². The molecular weight excluding hydrogens is 235 g/mol. The molecule has 3 heteroatoms. The Hall–Kier alpha value is 0.210. The van der Waals surface area contributed by atoms with Gasteiger partial charge < -0.3 is 0 Å². The standard InChI is InChI=1S/C2H5NO.Ta/c1-2(3)4;/h1H3,(H2,3,4);/q;+1/p-1. The fourth-order valence-corrected chi connectivity index (χ4v) is 0. The fourth-order valence-electron chi connectivity index (χ4n) is 0. The van der Waals surface area contributed by atoms with E-state index < -0.39 is 0 Å². The van der Waals surface area contributed by atoms with Crippen LogP contribution in [0.15, 0.2) is 0 Å². The summed E-state index contributed by atoms with van der Waals surface area (Å²) in [6.07, 6.45) is 0. The Kier molecular flexibility index (Phi) is 2.55. The molecule has 0 spiro atoms. The summed E-state index contributed by atoms with van der Waals surface area (Å²) in [5.74, 6) is 0.0540. The molecule has 0 heterocycles. The van der Waals surface area contributed by atoms with Gasteiger partial charge in [0.15, 0.2) is 0 Å². The van der Waals surface area contributed by atoms with Gasteiger partial charge in [-0.05, 0) is 0 Å². The van der Waals surface area contributed by atoms with Gasteiger partial charge in [-0.2, -0.15) is 0 Å². The molecule has 0 radical (unpaired) electrons. The number of rotatable bonds is 0. The van der Waals surface area contributed by atoms with Gasteiger partial charge in [-0.15, -0.1) is 0 Å². The van der Waals surface area contributed by atoms with Gasteiger partial charge in [-0.25, -0.2) is 0 Å². The SMILES string of the molecule is CC(=O)[NH][Ta]. The summed E-state index contributed by atoms with van der Waals surface area (Å²) < 4.78 is 2.50. The first-order valence-corrected chi connectivity index (χ1v) is 2.78. The predicted octanol–water partition coefficient (Wildman–Crippen LogP) is -0.416. The second kappa shape index (κ2) is 2.45. The van der Waals surface area contributed by atoms with Crippen LogP contribution in [-0.2, 0) is 26.1 Å². The van der Waals surface area contributed by atoms with Crippen LogP contribution in [0.25, 0.3) is 0 Å². The minimum absolute atomic E-state index is 0.0540. The van der Waals surface area contributed by atoms with Gasteiger partial charge in [-0.1, -0.05) is 0 Å². The van der Waals surface area contributed by atoms with Gasteiger partial charge in [0, 0.05) is 0 Å².